The summed E-state index contributed by atoms with van der Waals surface area (Å²) >= 11 is 0. The number of anilines is 1. The lowest BCUT2D eigenvalue weighted by atomic mass is 10.0. The second-order valence-corrected chi connectivity index (χ2v) is 5.54. The molecule has 1 unspecified atom stereocenters. The fourth-order valence-electron chi connectivity index (χ4n) is 2.57. The number of aliphatic hydroxyl groups excluding tert-OH is 1. The van der Waals surface area contributed by atoms with E-state index in [9.17, 15) is 5.11 Å². The maximum Gasteiger partial charge on any atom is 0.0967 e. The third-order valence-electron chi connectivity index (χ3n) is 3.77. The third-order valence-corrected chi connectivity index (χ3v) is 3.77. The number of aryl methyl sites for hydroxylation is 3. The minimum atomic E-state index is -0.473. The molecule has 2 rings (SSSR count). The van der Waals surface area contributed by atoms with Crippen LogP contribution in [-0.4, -0.2) is 18.7 Å². The van der Waals surface area contributed by atoms with Gasteiger partial charge in [-0.3, -0.25) is 0 Å². The van der Waals surface area contributed by atoms with Crippen LogP contribution in [0.4, 0.5) is 5.69 Å². The molecule has 20 heavy (non-hydrogen) atoms. The van der Waals surface area contributed by atoms with Gasteiger partial charge in [-0.25, -0.2) is 0 Å². The SMILES string of the molecule is Cc1ccc(C)c(C(O)CN(C)c2ccccc2C)c1. The molecule has 106 valence electrons. The maximum atomic E-state index is 10.5. The number of rotatable bonds is 4. The fourth-order valence-corrected chi connectivity index (χ4v) is 2.57. The van der Waals surface area contributed by atoms with E-state index in [1.807, 2.05) is 26.1 Å². The molecule has 0 saturated heterocycles. The lowest BCUT2D eigenvalue weighted by Gasteiger charge is -2.25. The van der Waals surface area contributed by atoms with Crippen LogP contribution >= 0.6 is 0 Å². The van der Waals surface area contributed by atoms with Crippen molar-refractivity contribution < 1.29 is 5.11 Å². The second kappa shape index (κ2) is 6.10. The molecule has 2 aromatic rings. The van der Waals surface area contributed by atoms with Crippen molar-refractivity contribution in [2.24, 2.45) is 0 Å². The average molecular weight is 269 g/mol. The largest absolute Gasteiger partial charge is 0.387 e. The number of benzene rings is 2. The minimum Gasteiger partial charge on any atom is -0.387 e. The Morgan fingerprint density at radius 3 is 2.40 bits per heavy atom. The van der Waals surface area contributed by atoms with E-state index >= 15 is 0 Å². The number of likely N-dealkylation sites (N-methyl/N-ethyl adjacent to an activating group) is 1. The van der Waals surface area contributed by atoms with E-state index in [2.05, 4.69) is 49.1 Å². The Labute approximate surface area is 121 Å². The van der Waals surface area contributed by atoms with Crippen LogP contribution in [0.25, 0.3) is 0 Å². The molecule has 0 radical (unpaired) electrons. The smallest absolute Gasteiger partial charge is 0.0967 e. The molecular weight excluding hydrogens is 246 g/mol. The number of nitrogens with zero attached hydrogens (tertiary/aromatic N) is 1. The van der Waals surface area contributed by atoms with Gasteiger partial charge in [-0.1, -0.05) is 42.0 Å². The molecule has 0 aliphatic heterocycles. The van der Waals surface area contributed by atoms with E-state index in [0.29, 0.717) is 6.54 Å². The molecule has 0 bridgehead atoms. The molecule has 2 aromatic carbocycles. The first-order valence-electron chi connectivity index (χ1n) is 7.01. The standard InChI is InChI=1S/C18H23NO/c1-13-9-10-14(2)16(11-13)18(20)12-19(4)17-8-6-5-7-15(17)3/h5-11,18,20H,12H2,1-4H3. The Morgan fingerprint density at radius 2 is 1.70 bits per heavy atom. The van der Waals surface area contributed by atoms with Gasteiger partial charge in [0.1, 0.15) is 0 Å². The molecule has 0 spiro atoms. The molecule has 2 heteroatoms. The summed E-state index contributed by atoms with van der Waals surface area (Å²) in [6.45, 7) is 6.79. The third kappa shape index (κ3) is 3.20. The molecule has 1 atom stereocenters. The first-order valence-corrected chi connectivity index (χ1v) is 7.01. The number of aliphatic hydroxyl groups is 1. The fraction of sp³-hybridized carbons (Fsp3) is 0.333. The molecule has 0 heterocycles. The molecule has 0 amide bonds. The van der Waals surface area contributed by atoms with Gasteiger partial charge in [-0.05, 0) is 43.5 Å². The van der Waals surface area contributed by atoms with Gasteiger partial charge in [0.2, 0.25) is 0 Å². The Kier molecular flexibility index (Phi) is 4.46. The zero-order valence-corrected chi connectivity index (χ0v) is 12.7. The molecule has 0 saturated carbocycles. The van der Waals surface area contributed by atoms with Crippen LogP contribution in [0.15, 0.2) is 42.5 Å². The number of para-hydroxylation sites is 1. The summed E-state index contributed by atoms with van der Waals surface area (Å²) in [4.78, 5) is 2.11. The molecular formula is C18H23NO. The van der Waals surface area contributed by atoms with Crippen LogP contribution in [0, 0.1) is 20.8 Å². The maximum absolute atomic E-state index is 10.5. The van der Waals surface area contributed by atoms with Crippen LogP contribution in [0.1, 0.15) is 28.4 Å². The van der Waals surface area contributed by atoms with Gasteiger partial charge >= 0.3 is 0 Å². The highest BCUT2D eigenvalue weighted by Crippen LogP contribution is 2.24. The first kappa shape index (κ1) is 14.6. The van der Waals surface area contributed by atoms with Crippen molar-refractivity contribution >= 4 is 5.69 Å². The van der Waals surface area contributed by atoms with Crippen LogP contribution in [0.2, 0.25) is 0 Å². The van der Waals surface area contributed by atoms with Crippen molar-refractivity contribution in [2.75, 3.05) is 18.5 Å². The minimum absolute atomic E-state index is 0.473. The van der Waals surface area contributed by atoms with Gasteiger partial charge in [-0.15, -0.1) is 0 Å². The summed E-state index contributed by atoms with van der Waals surface area (Å²) < 4.78 is 0. The van der Waals surface area contributed by atoms with Crippen LogP contribution in [0.3, 0.4) is 0 Å². The lowest BCUT2D eigenvalue weighted by molar-refractivity contribution is 0.184. The van der Waals surface area contributed by atoms with Crippen molar-refractivity contribution in [3.05, 3.63) is 64.7 Å². The highest BCUT2D eigenvalue weighted by atomic mass is 16.3. The lowest BCUT2D eigenvalue weighted by Crippen LogP contribution is -2.25. The number of hydrogen-bond donors (Lipinski definition) is 1. The molecule has 1 N–H and O–H groups in total. The first-order chi connectivity index (χ1) is 9.49. The van der Waals surface area contributed by atoms with Crippen molar-refractivity contribution in [3.63, 3.8) is 0 Å². The van der Waals surface area contributed by atoms with Gasteiger partial charge in [0.25, 0.3) is 0 Å². The summed E-state index contributed by atoms with van der Waals surface area (Å²) in [5, 5.41) is 10.5. The summed E-state index contributed by atoms with van der Waals surface area (Å²) in [6.07, 6.45) is -0.473. The zero-order chi connectivity index (χ0) is 14.7. The van der Waals surface area contributed by atoms with Crippen molar-refractivity contribution in [1.82, 2.24) is 0 Å². The van der Waals surface area contributed by atoms with Crippen LogP contribution < -0.4 is 4.90 Å². The Morgan fingerprint density at radius 1 is 1.00 bits per heavy atom. The summed E-state index contributed by atoms with van der Waals surface area (Å²) in [7, 11) is 2.02. The van der Waals surface area contributed by atoms with Crippen molar-refractivity contribution in [1.29, 1.82) is 0 Å². The highest BCUT2D eigenvalue weighted by molar-refractivity contribution is 5.52. The molecule has 0 aromatic heterocycles. The van der Waals surface area contributed by atoms with Gasteiger partial charge in [-0.2, -0.15) is 0 Å². The van der Waals surface area contributed by atoms with E-state index in [0.717, 1.165) is 16.8 Å². The predicted molar refractivity (Wildman–Crippen MR) is 85.3 cm³/mol. The van der Waals surface area contributed by atoms with E-state index in [1.54, 1.807) is 0 Å². The van der Waals surface area contributed by atoms with Crippen LogP contribution in [-0.2, 0) is 0 Å². The molecule has 0 aliphatic carbocycles. The summed E-state index contributed by atoms with van der Waals surface area (Å²) in [5.74, 6) is 0. The molecule has 2 nitrogen and oxygen atoms in total. The molecule has 0 fully saturated rings. The van der Waals surface area contributed by atoms with Gasteiger partial charge in [0, 0.05) is 19.3 Å². The van der Waals surface area contributed by atoms with Gasteiger partial charge in [0.15, 0.2) is 0 Å². The highest BCUT2D eigenvalue weighted by Gasteiger charge is 2.14. The summed E-state index contributed by atoms with van der Waals surface area (Å²) in [6, 6.07) is 14.5. The predicted octanol–water partition coefficient (Wildman–Crippen LogP) is 3.78. The van der Waals surface area contributed by atoms with Gasteiger partial charge < -0.3 is 10.0 Å². The second-order valence-electron chi connectivity index (χ2n) is 5.54. The monoisotopic (exact) mass is 269 g/mol. The van der Waals surface area contributed by atoms with E-state index in [1.165, 1.54) is 11.1 Å². The average Bonchev–Trinajstić information content (AvgIpc) is 2.41. The Balaban J connectivity index is 2.17. The quantitative estimate of drug-likeness (QED) is 0.913. The Bertz CT molecular complexity index is 592. The normalized spacial score (nSPS) is 12.2. The number of hydrogen-bond acceptors (Lipinski definition) is 2. The summed E-state index contributed by atoms with van der Waals surface area (Å²) in [5.41, 5.74) is 5.73. The zero-order valence-electron chi connectivity index (χ0n) is 12.7. The van der Waals surface area contributed by atoms with Crippen molar-refractivity contribution in [3.8, 4) is 0 Å². The molecule has 0 aliphatic rings. The Hall–Kier alpha value is -1.80. The van der Waals surface area contributed by atoms with E-state index in [-0.39, 0.29) is 0 Å². The van der Waals surface area contributed by atoms with Crippen molar-refractivity contribution in [2.45, 2.75) is 26.9 Å². The van der Waals surface area contributed by atoms with Gasteiger partial charge in [0.05, 0.1) is 6.10 Å². The topological polar surface area (TPSA) is 23.5 Å². The van der Waals surface area contributed by atoms with E-state index < -0.39 is 6.10 Å². The van der Waals surface area contributed by atoms with Crippen LogP contribution in [0.5, 0.6) is 0 Å². The van der Waals surface area contributed by atoms with E-state index in [4.69, 9.17) is 0 Å².